The van der Waals surface area contributed by atoms with Crippen LogP contribution in [0.25, 0.3) is 0 Å². The van der Waals surface area contributed by atoms with Gasteiger partial charge in [0.1, 0.15) is 18.0 Å². The molecule has 1 saturated carbocycles. The molecular weight excluding hydrogens is 309 g/mol. The number of rotatable bonds is 2. The molecule has 2 aliphatic rings. The molecule has 5 nitrogen and oxygen atoms in total. The Bertz CT molecular complexity index is 665. The van der Waals surface area contributed by atoms with Crippen molar-refractivity contribution >= 4 is 16.0 Å². The lowest BCUT2D eigenvalue weighted by Crippen LogP contribution is -2.62. The van der Waals surface area contributed by atoms with Crippen LogP contribution in [0.3, 0.4) is 0 Å². The van der Waals surface area contributed by atoms with Crippen molar-refractivity contribution in [3.05, 3.63) is 30.1 Å². The molecule has 1 aromatic rings. The van der Waals surface area contributed by atoms with Crippen LogP contribution in [0.5, 0.6) is 0 Å². The standard InChI is InChI=1S/C15H18FNO4S/c16-12-4-6-13(7-5-12)22(19,20)17-10-11-21-14(18)15(17)8-2-1-3-9-15/h4-7H,1-3,8-11H2. The van der Waals surface area contributed by atoms with Gasteiger partial charge >= 0.3 is 5.97 Å². The summed E-state index contributed by atoms with van der Waals surface area (Å²) in [4.78, 5) is 12.3. The molecule has 2 fully saturated rings. The van der Waals surface area contributed by atoms with Gasteiger partial charge in [0.15, 0.2) is 0 Å². The number of halogens is 1. The lowest BCUT2D eigenvalue weighted by atomic mass is 9.81. The second kappa shape index (κ2) is 5.62. The molecule has 1 saturated heterocycles. The fourth-order valence-electron chi connectivity index (χ4n) is 3.35. The predicted octanol–water partition coefficient (Wildman–Crippen LogP) is 2.08. The summed E-state index contributed by atoms with van der Waals surface area (Å²) in [5.41, 5.74) is -1.09. The first-order valence-electron chi connectivity index (χ1n) is 7.42. The minimum atomic E-state index is -3.85. The Morgan fingerprint density at radius 3 is 2.36 bits per heavy atom. The predicted molar refractivity (Wildman–Crippen MR) is 77.1 cm³/mol. The van der Waals surface area contributed by atoms with Crippen molar-refractivity contribution in [1.29, 1.82) is 0 Å². The number of esters is 1. The van der Waals surface area contributed by atoms with Crippen LogP contribution in [0.15, 0.2) is 29.2 Å². The average molecular weight is 327 g/mol. The maximum absolute atomic E-state index is 13.0. The lowest BCUT2D eigenvalue weighted by molar-refractivity contribution is -0.165. The number of morpholine rings is 1. The minimum Gasteiger partial charge on any atom is -0.463 e. The van der Waals surface area contributed by atoms with Crippen LogP contribution >= 0.6 is 0 Å². The van der Waals surface area contributed by atoms with Gasteiger partial charge in [0, 0.05) is 6.54 Å². The van der Waals surface area contributed by atoms with Gasteiger partial charge in [-0.3, -0.25) is 4.79 Å². The van der Waals surface area contributed by atoms with Crippen molar-refractivity contribution in [3.8, 4) is 0 Å². The van der Waals surface area contributed by atoms with E-state index >= 15 is 0 Å². The molecule has 1 spiro atoms. The van der Waals surface area contributed by atoms with E-state index in [-0.39, 0.29) is 18.0 Å². The van der Waals surface area contributed by atoms with Crippen molar-refractivity contribution in [3.63, 3.8) is 0 Å². The molecule has 22 heavy (non-hydrogen) atoms. The zero-order chi connectivity index (χ0) is 15.8. The fourth-order valence-corrected chi connectivity index (χ4v) is 5.11. The van der Waals surface area contributed by atoms with Crippen LogP contribution in [0.1, 0.15) is 32.1 Å². The lowest BCUT2D eigenvalue weighted by Gasteiger charge is -2.45. The van der Waals surface area contributed by atoms with Crippen LogP contribution < -0.4 is 0 Å². The molecule has 0 radical (unpaired) electrons. The Morgan fingerprint density at radius 2 is 1.73 bits per heavy atom. The van der Waals surface area contributed by atoms with E-state index in [0.717, 1.165) is 31.4 Å². The molecule has 1 aromatic carbocycles. The molecule has 120 valence electrons. The Balaban J connectivity index is 2.03. The van der Waals surface area contributed by atoms with Gasteiger partial charge in [-0.1, -0.05) is 19.3 Å². The van der Waals surface area contributed by atoms with Gasteiger partial charge in [-0.05, 0) is 37.1 Å². The highest BCUT2D eigenvalue weighted by atomic mass is 32.2. The number of ether oxygens (including phenoxy) is 1. The minimum absolute atomic E-state index is 0.00792. The van der Waals surface area contributed by atoms with E-state index < -0.39 is 27.3 Å². The number of nitrogens with zero attached hydrogens (tertiary/aromatic N) is 1. The Kier molecular flexibility index (Phi) is 3.94. The number of sulfonamides is 1. The summed E-state index contributed by atoms with van der Waals surface area (Å²) in [6, 6.07) is 4.70. The summed E-state index contributed by atoms with van der Waals surface area (Å²) in [7, 11) is -3.85. The van der Waals surface area contributed by atoms with E-state index in [1.165, 1.54) is 16.4 Å². The van der Waals surface area contributed by atoms with Gasteiger partial charge < -0.3 is 4.74 Å². The molecule has 7 heteroatoms. The molecule has 0 unspecified atom stereocenters. The Hall–Kier alpha value is -1.47. The highest BCUT2D eigenvalue weighted by Gasteiger charge is 2.53. The summed E-state index contributed by atoms with van der Waals surface area (Å²) < 4.78 is 45.3. The third-order valence-electron chi connectivity index (χ3n) is 4.47. The summed E-state index contributed by atoms with van der Waals surface area (Å²) >= 11 is 0. The molecule has 1 heterocycles. The molecule has 0 amide bonds. The Labute approximate surface area is 129 Å². The van der Waals surface area contributed by atoms with Crippen molar-refractivity contribution in [2.75, 3.05) is 13.2 Å². The third-order valence-corrected chi connectivity index (χ3v) is 6.45. The first-order valence-corrected chi connectivity index (χ1v) is 8.86. The summed E-state index contributed by atoms with van der Waals surface area (Å²) in [5, 5.41) is 0. The first kappa shape index (κ1) is 15.4. The van der Waals surface area contributed by atoms with E-state index in [1.807, 2.05) is 0 Å². The van der Waals surface area contributed by atoms with E-state index in [0.29, 0.717) is 12.8 Å². The van der Waals surface area contributed by atoms with Crippen molar-refractivity contribution in [1.82, 2.24) is 4.31 Å². The molecule has 0 N–H and O–H groups in total. The first-order chi connectivity index (χ1) is 10.5. The van der Waals surface area contributed by atoms with Crippen LogP contribution in [0.2, 0.25) is 0 Å². The van der Waals surface area contributed by atoms with Crippen LogP contribution in [0, 0.1) is 5.82 Å². The van der Waals surface area contributed by atoms with Crippen molar-refractivity contribution < 1.29 is 22.3 Å². The van der Waals surface area contributed by atoms with Gasteiger partial charge in [0.05, 0.1) is 4.90 Å². The van der Waals surface area contributed by atoms with Crippen LogP contribution in [-0.4, -0.2) is 37.4 Å². The molecule has 0 atom stereocenters. The number of cyclic esters (lactones) is 1. The second-order valence-electron chi connectivity index (χ2n) is 5.76. The molecular formula is C15H18FNO4S. The number of carbonyl (C=O) groups is 1. The quantitative estimate of drug-likeness (QED) is 0.780. The van der Waals surface area contributed by atoms with E-state index in [9.17, 15) is 17.6 Å². The SMILES string of the molecule is O=C1OCCN(S(=O)(=O)c2ccc(F)cc2)C12CCCCC2. The fraction of sp³-hybridized carbons (Fsp3) is 0.533. The van der Waals surface area contributed by atoms with Crippen molar-refractivity contribution in [2.45, 2.75) is 42.5 Å². The molecule has 3 rings (SSSR count). The zero-order valence-corrected chi connectivity index (χ0v) is 12.9. The van der Waals surface area contributed by atoms with E-state index in [2.05, 4.69) is 0 Å². The molecule has 1 aliphatic heterocycles. The maximum atomic E-state index is 13.0. The summed E-state index contributed by atoms with van der Waals surface area (Å²) in [5.74, 6) is -0.950. The molecule has 0 bridgehead atoms. The smallest absolute Gasteiger partial charge is 0.327 e. The van der Waals surface area contributed by atoms with E-state index in [1.54, 1.807) is 0 Å². The van der Waals surface area contributed by atoms with Crippen LogP contribution in [-0.2, 0) is 19.6 Å². The monoisotopic (exact) mass is 327 g/mol. The number of hydrogen-bond donors (Lipinski definition) is 0. The maximum Gasteiger partial charge on any atom is 0.327 e. The normalized spacial score (nSPS) is 22.5. The third kappa shape index (κ3) is 2.42. The topological polar surface area (TPSA) is 63.7 Å². The van der Waals surface area contributed by atoms with E-state index in [4.69, 9.17) is 4.74 Å². The highest BCUT2D eigenvalue weighted by molar-refractivity contribution is 7.89. The summed E-state index contributed by atoms with van der Waals surface area (Å²) in [6.45, 7) is 0.201. The van der Waals surface area contributed by atoms with Crippen molar-refractivity contribution in [2.24, 2.45) is 0 Å². The number of hydrogen-bond acceptors (Lipinski definition) is 4. The van der Waals surface area contributed by atoms with Gasteiger partial charge in [0.25, 0.3) is 0 Å². The summed E-state index contributed by atoms with van der Waals surface area (Å²) in [6.07, 6.45) is 3.53. The zero-order valence-electron chi connectivity index (χ0n) is 12.1. The van der Waals surface area contributed by atoms with Gasteiger partial charge in [-0.15, -0.1) is 0 Å². The number of carbonyl (C=O) groups excluding carboxylic acids is 1. The second-order valence-corrected chi connectivity index (χ2v) is 7.62. The van der Waals surface area contributed by atoms with Gasteiger partial charge in [0.2, 0.25) is 10.0 Å². The average Bonchev–Trinajstić information content (AvgIpc) is 2.51. The molecule has 0 aromatic heterocycles. The largest absolute Gasteiger partial charge is 0.463 e. The number of benzene rings is 1. The van der Waals surface area contributed by atoms with Gasteiger partial charge in [-0.25, -0.2) is 12.8 Å². The highest BCUT2D eigenvalue weighted by Crippen LogP contribution is 2.39. The molecule has 1 aliphatic carbocycles. The Morgan fingerprint density at radius 1 is 1.09 bits per heavy atom. The van der Waals surface area contributed by atoms with Gasteiger partial charge in [-0.2, -0.15) is 4.31 Å². The van der Waals surface area contributed by atoms with Crippen LogP contribution in [0.4, 0.5) is 4.39 Å².